The quantitative estimate of drug-likeness (QED) is 0.567. The van der Waals surface area contributed by atoms with Crippen LogP contribution in [-0.2, 0) is 22.4 Å². The van der Waals surface area contributed by atoms with Gasteiger partial charge in [-0.25, -0.2) is 9.97 Å². The first-order valence-electron chi connectivity index (χ1n) is 11.5. The van der Waals surface area contributed by atoms with Crippen LogP contribution in [0.2, 0.25) is 0 Å². The maximum Gasteiger partial charge on any atom is 0.309 e. The molecule has 2 unspecified atom stereocenters. The fourth-order valence-corrected chi connectivity index (χ4v) is 4.67. The van der Waals surface area contributed by atoms with E-state index < -0.39 is 0 Å². The summed E-state index contributed by atoms with van der Waals surface area (Å²) in [5, 5.41) is 0. The maximum atomic E-state index is 11.3. The second kappa shape index (κ2) is 10.1. The first-order chi connectivity index (χ1) is 15.2. The third-order valence-corrected chi connectivity index (χ3v) is 6.76. The lowest BCUT2D eigenvalue weighted by Gasteiger charge is -2.32. The highest BCUT2D eigenvalue weighted by molar-refractivity contribution is 5.72. The minimum Gasteiger partial charge on any atom is -0.494 e. The molecule has 0 amide bonds. The van der Waals surface area contributed by atoms with Crippen molar-refractivity contribution < 1.29 is 14.3 Å². The van der Waals surface area contributed by atoms with Crippen molar-refractivity contribution in [2.24, 2.45) is 17.8 Å². The maximum absolute atomic E-state index is 11.3. The molecule has 2 aliphatic rings. The molecule has 1 aliphatic heterocycles. The van der Waals surface area contributed by atoms with Crippen LogP contribution in [0.25, 0.3) is 0 Å². The van der Waals surface area contributed by atoms with Gasteiger partial charge in [-0.2, -0.15) is 0 Å². The van der Waals surface area contributed by atoms with Gasteiger partial charge < -0.3 is 14.4 Å². The number of carbonyl (C=O) groups excluding carboxylic acids is 1. The molecule has 4 rings (SSSR count). The zero-order valence-electron chi connectivity index (χ0n) is 18.6. The van der Waals surface area contributed by atoms with Crippen molar-refractivity contribution in [1.29, 1.82) is 0 Å². The minimum absolute atomic E-state index is 0.221. The molecule has 6 nitrogen and oxygen atoms in total. The molecule has 6 heteroatoms. The van der Waals surface area contributed by atoms with Gasteiger partial charge in [0, 0.05) is 25.5 Å². The predicted molar refractivity (Wildman–Crippen MR) is 120 cm³/mol. The molecule has 2 fully saturated rings. The van der Waals surface area contributed by atoms with Crippen LogP contribution in [0.1, 0.15) is 43.7 Å². The molecule has 166 valence electrons. The SMILES string of the molecule is CCc1cnc(N2CCC(C3CC3CCOc3ccc(CC(=O)OC)cc3)CC2)nc1. The van der Waals surface area contributed by atoms with Gasteiger partial charge in [-0.05, 0) is 73.1 Å². The summed E-state index contributed by atoms with van der Waals surface area (Å²) in [6, 6.07) is 7.74. The summed E-state index contributed by atoms with van der Waals surface area (Å²) in [5.41, 5.74) is 2.14. The third kappa shape index (κ3) is 5.75. The number of methoxy groups -OCH3 is 1. The summed E-state index contributed by atoms with van der Waals surface area (Å²) >= 11 is 0. The number of aromatic nitrogens is 2. The van der Waals surface area contributed by atoms with Gasteiger partial charge in [0.1, 0.15) is 5.75 Å². The Morgan fingerprint density at radius 2 is 1.81 bits per heavy atom. The minimum atomic E-state index is -0.221. The molecule has 1 saturated heterocycles. The molecule has 2 atom stereocenters. The molecule has 0 radical (unpaired) electrons. The lowest BCUT2D eigenvalue weighted by molar-refractivity contribution is -0.139. The van der Waals surface area contributed by atoms with Gasteiger partial charge in [-0.15, -0.1) is 0 Å². The van der Waals surface area contributed by atoms with Crippen LogP contribution in [0.3, 0.4) is 0 Å². The number of hydrogen-bond acceptors (Lipinski definition) is 6. The van der Waals surface area contributed by atoms with E-state index in [9.17, 15) is 4.79 Å². The number of nitrogens with zero attached hydrogens (tertiary/aromatic N) is 3. The number of benzene rings is 1. The van der Waals surface area contributed by atoms with Gasteiger partial charge >= 0.3 is 5.97 Å². The number of aryl methyl sites for hydroxylation is 1. The fourth-order valence-electron chi connectivity index (χ4n) is 4.67. The molecule has 0 spiro atoms. The van der Waals surface area contributed by atoms with Crippen LogP contribution >= 0.6 is 0 Å². The molecule has 1 aliphatic carbocycles. The van der Waals surface area contributed by atoms with Crippen LogP contribution in [0.5, 0.6) is 5.75 Å². The number of piperidine rings is 1. The van der Waals surface area contributed by atoms with Crippen molar-refractivity contribution in [2.75, 3.05) is 31.7 Å². The highest BCUT2D eigenvalue weighted by Gasteiger charge is 2.43. The summed E-state index contributed by atoms with van der Waals surface area (Å²) in [6.45, 7) is 5.01. The summed E-state index contributed by atoms with van der Waals surface area (Å²) in [7, 11) is 1.41. The Balaban J connectivity index is 1.15. The van der Waals surface area contributed by atoms with E-state index in [0.29, 0.717) is 6.42 Å². The van der Waals surface area contributed by atoms with Gasteiger partial charge in [0.2, 0.25) is 5.95 Å². The van der Waals surface area contributed by atoms with E-state index in [1.54, 1.807) is 0 Å². The Kier molecular flexibility index (Phi) is 7.05. The van der Waals surface area contributed by atoms with E-state index in [1.807, 2.05) is 36.7 Å². The molecular weight excluding hydrogens is 390 g/mol. The van der Waals surface area contributed by atoms with E-state index in [2.05, 4.69) is 21.8 Å². The predicted octanol–water partition coefficient (Wildman–Crippen LogP) is 4.08. The van der Waals surface area contributed by atoms with Crippen LogP contribution in [0.15, 0.2) is 36.7 Å². The molecule has 0 N–H and O–H groups in total. The monoisotopic (exact) mass is 423 g/mol. The molecular formula is C25H33N3O3. The highest BCUT2D eigenvalue weighted by Crippen LogP contribution is 2.49. The van der Waals surface area contributed by atoms with Crippen molar-refractivity contribution in [3.05, 3.63) is 47.8 Å². The average Bonchev–Trinajstić information content (AvgIpc) is 3.60. The van der Waals surface area contributed by atoms with E-state index in [-0.39, 0.29) is 5.97 Å². The molecule has 1 aromatic carbocycles. The highest BCUT2D eigenvalue weighted by atomic mass is 16.5. The summed E-state index contributed by atoms with van der Waals surface area (Å²) in [4.78, 5) is 22.8. The number of anilines is 1. The fraction of sp³-hybridized carbons (Fsp3) is 0.560. The van der Waals surface area contributed by atoms with Crippen molar-refractivity contribution in [1.82, 2.24) is 9.97 Å². The Bertz CT molecular complexity index is 845. The van der Waals surface area contributed by atoms with Gasteiger partial charge in [0.15, 0.2) is 0 Å². The van der Waals surface area contributed by atoms with Crippen molar-refractivity contribution in [2.45, 2.75) is 45.4 Å². The largest absolute Gasteiger partial charge is 0.494 e. The first kappa shape index (κ1) is 21.6. The van der Waals surface area contributed by atoms with E-state index in [0.717, 1.165) is 67.6 Å². The van der Waals surface area contributed by atoms with Crippen molar-refractivity contribution in [3.8, 4) is 5.75 Å². The normalized spacial score (nSPS) is 21.0. The number of carbonyl (C=O) groups is 1. The Morgan fingerprint density at radius 3 is 2.45 bits per heavy atom. The van der Waals surface area contributed by atoms with Crippen molar-refractivity contribution >= 4 is 11.9 Å². The van der Waals surface area contributed by atoms with Gasteiger partial charge in [-0.3, -0.25) is 4.79 Å². The molecule has 2 heterocycles. The summed E-state index contributed by atoms with van der Waals surface area (Å²) in [6.07, 6.45) is 10.1. The van der Waals surface area contributed by atoms with Crippen LogP contribution in [-0.4, -0.2) is 42.7 Å². The Hall–Kier alpha value is -2.63. The zero-order chi connectivity index (χ0) is 21.6. The van der Waals surface area contributed by atoms with Crippen LogP contribution in [0, 0.1) is 17.8 Å². The second-order valence-corrected chi connectivity index (χ2v) is 8.76. The van der Waals surface area contributed by atoms with E-state index >= 15 is 0 Å². The molecule has 2 aromatic rings. The Morgan fingerprint density at radius 1 is 1.10 bits per heavy atom. The number of ether oxygens (including phenoxy) is 2. The van der Waals surface area contributed by atoms with E-state index in [4.69, 9.17) is 9.47 Å². The van der Waals surface area contributed by atoms with Gasteiger partial charge in [0.05, 0.1) is 20.1 Å². The molecule has 0 bridgehead atoms. The number of esters is 1. The van der Waals surface area contributed by atoms with Crippen LogP contribution < -0.4 is 9.64 Å². The number of hydrogen-bond donors (Lipinski definition) is 0. The number of rotatable bonds is 9. The van der Waals surface area contributed by atoms with Crippen molar-refractivity contribution in [3.63, 3.8) is 0 Å². The first-order valence-corrected chi connectivity index (χ1v) is 11.5. The van der Waals surface area contributed by atoms with Gasteiger partial charge in [-0.1, -0.05) is 19.1 Å². The summed E-state index contributed by atoms with van der Waals surface area (Å²) < 4.78 is 10.6. The standard InChI is InChI=1S/C25H33N3O3/c1-3-18-16-26-25(27-17-18)28-11-8-20(9-12-28)23-15-21(23)10-13-31-22-6-4-19(5-7-22)14-24(29)30-2/h4-7,16-17,20-21,23H,3,8-15H2,1-2H3. The van der Waals surface area contributed by atoms with Gasteiger partial charge in [0.25, 0.3) is 0 Å². The third-order valence-electron chi connectivity index (χ3n) is 6.76. The average molecular weight is 424 g/mol. The zero-order valence-corrected chi connectivity index (χ0v) is 18.6. The topological polar surface area (TPSA) is 64.6 Å². The van der Waals surface area contributed by atoms with Crippen LogP contribution in [0.4, 0.5) is 5.95 Å². The molecule has 31 heavy (non-hydrogen) atoms. The smallest absolute Gasteiger partial charge is 0.309 e. The lowest BCUT2D eigenvalue weighted by Crippen LogP contribution is -2.35. The van der Waals surface area contributed by atoms with E-state index in [1.165, 1.54) is 31.9 Å². The Labute approximate surface area is 185 Å². The lowest BCUT2D eigenvalue weighted by atomic mass is 9.90. The molecule has 1 saturated carbocycles. The molecule has 1 aromatic heterocycles. The second-order valence-electron chi connectivity index (χ2n) is 8.76. The summed E-state index contributed by atoms with van der Waals surface area (Å²) in [5.74, 6) is 4.02.